The van der Waals surface area contributed by atoms with E-state index in [1.807, 2.05) is 0 Å². The highest BCUT2D eigenvalue weighted by atomic mass is 16.5. The molecule has 0 aromatic carbocycles. The van der Waals surface area contributed by atoms with E-state index in [2.05, 4.69) is 33.4 Å². The van der Waals surface area contributed by atoms with Crippen LogP contribution in [0.3, 0.4) is 0 Å². The molecule has 0 aromatic heterocycles. The maximum Gasteiger partial charge on any atom is 0.0676 e. The topological polar surface area (TPSA) is 9.23 Å². The molecule has 0 spiro atoms. The van der Waals surface area contributed by atoms with Gasteiger partial charge in [0.05, 0.1) is 6.61 Å². The molecular weight excluding hydrogens is 220 g/mol. The van der Waals surface area contributed by atoms with Gasteiger partial charge in [0.25, 0.3) is 0 Å². The van der Waals surface area contributed by atoms with Crippen LogP contribution in [0.5, 0.6) is 0 Å². The Morgan fingerprint density at radius 2 is 2.17 bits per heavy atom. The summed E-state index contributed by atoms with van der Waals surface area (Å²) in [6.45, 7) is 12.9. The molecule has 2 aliphatic rings. The van der Waals surface area contributed by atoms with Crippen molar-refractivity contribution in [1.29, 1.82) is 0 Å². The highest BCUT2D eigenvalue weighted by molar-refractivity contribution is 5.17. The molecule has 1 saturated carbocycles. The molecule has 0 radical (unpaired) electrons. The Hall–Kier alpha value is -0.560. The van der Waals surface area contributed by atoms with Crippen LogP contribution in [-0.4, -0.2) is 13.2 Å². The van der Waals surface area contributed by atoms with Crippen molar-refractivity contribution in [3.05, 3.63) is 23.8 Å². The van der Waals surface area contributed by atoms with E-state index in [1.165, 1.54) is 36.8 Å². The highest BCUT2D eigenvalue weighted by Crippen LogP contribution is 2.56. The molecular formula is C17H28O. The molecule has 0 saturated heterocycles. The van der Waals surface area contributed by atoms with E-state index in [-0.39, 0.29) is 0 Å². The van der Waals surface area contributed by atoms with Gasteiger partial charge in [0.15, 0.2) is 0 Å². The molecule has 1 heteroatoms. The largest absolute Gasteiger partial charge is 0.377 e. The fraction of sp³-hybridized carbons (Fsp3) is 0.765. The minimum Gasteiger partial charge on any atom is -0.377 e. The average molecular weight is 248 g/mol. The van der Waals surface area contributed by atoms with E-state index in [1.54, 1.807) is 0 Å². The quantitative estimate of drug-likeness (QED) is 0.655. The van der Waals surface area contributed by atoms with Crippen LogP contribution in [0.25, 0.3) is 0 Å². The molecule has 18 heavy (non-hydrogen) atoms. The zero-order valence-electron chi connectivity index (χ0n) is 12.3. The third-order valence-corrected chi connectivity index (χ3v) is 4.93. The van der Waals surface area contributed by atoms with Gasteiger partial charge in [-0.15, -0.1) is 0 Å². The van der Waals surface area contributed by atoms with Crippen LogP contribution in [0, 0.1) is 17.3 Å². The van der Waals surface area contributed by atoms with Crippen molar-refractivity contribution in [2.24, 2.45) is 17.3 Å². The van der Waals surface area contributed by atoms with Gasteiger partial charge in [-0.2, -0.15) is 0 Å². The first-order valence-electron chi connectivity index (χ1n) is 7.48. The lowest BCUT2D eigenvalue weighted by atomic mass is 9.52. The SMILES string of the molecule is C=C1CC/C=C(/COCC)CCC2C1CC2(C)C. The Bertz CT molecular complexity index is 338. The normalized spacial score (nSPS) is 34.4. The molecule has 0 heterocycles. The molecule has 2 rings (SSSR count). The first-order chi connectivity index (χ1) is 8.54. The van der Waals surface area contributed by atoms with Crippen molar-refractivity contribution < 1.29 is 4.74 Å². The Balaban J connectivity index is 2.01. The van der Waals surface area contributed by atoms with Gasteiger partial charge >= 0.3 is 0 Å². The smallest absolute Gasteiger partial charge is 0.0676 e. The summed E-state index contributed by atoms with van der Waals surface area (Å²) >= 11 is 0. The summed E-state index contributed by atoms with van der Waals surface area (Å²) in [5.74, 6) is 1.63. The summed E-state index contributed by atoms with van der Waals surface area (Å²) in [5.41, 5.74) is 3.52. The lowest BCUT2D eigenvalue weighted by Crippen LogP contribution is -2.44. The fourth-order valence-corrected chi connectivity index (χ4v) is 3.72. The molecule has 2 unspecified atom stereocenters. The van der Waals surface area contributed by atoms with Gasteiger partial charge in [-0.1, -0.05) is 32.1 Å². The zero-order chi connectivity index (χ0) is 13.2. The molecule has 2 atom stereocenters. The van der Waals surface area contributed by atoms with Crippen LogP contribution in [0.4, 0.5) is 0 Å². The summed E-state index contributed by atoms with van der Waals surface area (Å²) in [6.07, 6.45) is 8.61. The van der Waals surface area contributed by atoms with Gasteiger partial charge in [0, 0.05) is 6.61 Å². The van der Waals surface area contributed by atoms with Crippen LogP contribution in [-0.2, 0) is 4.74 Å². The van der Waals surface area contributed by atoms with Crippen LogP contribution >= 0.6 is 0 Å². The van der Waals surface area contributed by atoms with E-state index < -0.39 is 0 Å². The minimum atomic E-state index is 0.522. The summed E-state index contributed by atoms with van der Waals surface area (Å²) < 4.78 is 5.58. The average Bonchev–Trinajstić information content (AvgIpc) is 2.37. The highest BCUT2D eigenvalue weighted by Gasteiger charge is 2.47. The number of allylic oxidation sites excluding steroid dienone is 2. The Labute approximate surface area is 112 Å². The van der Waals surface area contributed by atoms with E-state index in [4.69, 9.17) is 4.74 Å². The third kappa shape index (κ3) is 2.88. The number of hydrogen-bond acceptors (Lipinski definition) is 1. The van der Waals surface area contributed by atoms with Gasteiger partial charge in [-0.3, -0.25) is 0 Å². The number of rotatable bonds is 3. The van der Waals surface area contributed by atoms with Crippen molar-refractivity contribution in [1.82, 2.24) is 0 Å². The molecule has 102 valence electrons. The Morgan fingerprint density at radius 3 is 2.83 bits per heavy atom. The predicted molar refractivity (Wildman–Crippen MR) is 77.6 cm³/mol. The van der Waals surface area contributed by atoms with Crippen LogP contribution in [0.15, 0.2) is 23.8 Å². The van der Waals surface area contributed by atoms with Crippen LogP contribution in [0.2, 0.25) is 0 Å². The number of hydrogen-bond donors (Lipinski definition) is 0. The van der Waals surface area contributed by atoms with Gasteiger partial charge in [-0.05, 0) is 61.9 Å². The predicted octanol–water partition coefficient (Wildman–Crippen LogP) is 4.74. The molecule has 0 bridgehead atoms. The maximum atomic E-state index is 5.58. The van der Waals surface area contributed by atoms with E-state index in [0.29, 0.717) is 5.41 Å². The molecule has 1 fully saturated rings. The van der Waals surface area contributed by atoms with Crippen LogP contribution < -0.4 is 0 Å². The van der Waals surface area contributed by atoms with Gasteiger partial charge in [0.2, 0.25) is 0 Å². The first-order valence-corrected chi connectivity index (χ1v) is 7.48. The van der Waals surface area contributed by atoms with Crippen molar-refractivity contribution in [2.75, 3.05) is 13.2 Å². The molecule has 0 amide bonds. The van der Waals surface area contributed by atoms with Crippen molar-refractivity contribution in [3.8, 4) is 0 Å². The second-order valence-corrected chi connectivity index (χ2v) is 6.64. The van der Waals surface area contributed by atoms with Crippen molar-refractivity contribution in [2.45, 2.75) is 52.9 Å². The Kier molecular flexibility index (Phi) is 4.32. The summed E-state index contributed by atoms with van der Waals surface area (Å²) in [5, 5.41) is 0. The number of ether oxygens (including phenoxy) is 1. The number of fused-ring (bicyclic) bond motifs is 1. The van der Waals surface area contributed by atoms with Crippen molar-refractivity contribution >= 4 is 0 Å². The summed E-state index contributed by atoms with van der Waals surface area (Å²) in [6, 6.07) is 0. The maximum absolute atomic E-state index is 5.58. The lowest BCUT2D eigenvalue weighted by Gasteiger charge is -2.53. The van der Waals surface area contributed by atoms with Crippen molar-refractivity contribution in [3.63, 3.8) is 0 Å². The third-order valence-electron chi connectivity index (χ3n) is 4.93. The zero-order valence-corrected chi connectivity index (χ0v) is 12.3. The van der Waals surface area contributed by atoms with Gasteiger partial charge in [0.1, 0.15) is 0 Å². The van der Waals surface area contributed by atoms with Gasteiger partial charge < -0.3 is 4.74 Å². The minimum absolute atomic E-state index is 0.522. The molecule has 0 aromatic rings. The fourth-order valence-electron chi connectivity index (χ4n) is 3.72. The van der Waals surface area contributed by atoms with E-state index in [0.717, 1.165) is 31.5 Å². The molecule has 2 aliphatic carbocycles. The van der Waals surface area contributed by atoms with E-state index >= 15 is 0 Å². The Morgan fingerprint density at radius 1 is 1.39 bits per heavy atom. The summed E-state index contributed by atoms with van der Waals surface area (Å²) in [7, 11) is 0. The van der Waals surface area contributed by atoms with Gasteiger partial charge in [-0.25, -0.2) is 0 Å². The monoisotopic (exact) mass is 248 g/mol. The van der Waals surface area contributed by atoms with Crippen LogP contribution in [0.1, 0.15) is 52.9 Å². The molecule has 0 aliphatic heterocycles. The second-order valence-electron chi connectivity index (χ2n) is 6.64. The standard InChI is InChI=1S/C17H28O/c1-5-18-12-14-8-6-7-13(2)15-11-17(3,4)16(15)10-9-14/h8,15-16H,2,5-7,9-12H2,1,3-4H3/b14-8+. The molecule has 0 N–H and O–H groups in total. The van der Waals surface area contributed by atoms with E-state index in [9.17, 15) is 0 Å². The second kappa shape index (κ2) is 5.61. The first kappa shape index (κ1) is 13.9. The lowest BCUT2D eigenvalue weighted by molar-refractivity contribution is 0.00324. The molecule has 1 nitrogen and oxygen atoms in total. The summed E-state index contributed by atoms with van der Waals surface area (Å²) in [4.78, 5) is 0.